The molecule has 0 aliphatic carbocycles. The minimum atomic E-state index is -0.528. The van der Waals surface area contributed by atoms with Gasteiger partial charge in [-0.25, -0.2) is 4.39 Å². The van der Waals surface area contributed by atoms with Crippen molar-refractivity contribution >= 4 is 5.91 Å². The molecular weight excluding hydrogens is 253 g/mol. The Bertz CT molecular complexity index is 576. The highest BCUT2D eigenvalue weighted by atomic mass is 19.1. The first kappa shape index (κ1) is 14.3. The number of halogens is 1. The van der Waals surface area contributed by atoms with Crippen LogP contribution in [0.5, 0.6) is 0 Å². The summed E-state index contributed by atoms with van der Waals surface area (Å²) in [5.74, 6) is -0.328. The third kappa shape index (κ3) is 3.67. The third-order valence-electron chi connectivity index (χ3n) is 3.23. The van der Waals surface area contributed by atoms with Gasteiger partial charge in [-0.3, -0.25) is 4.79 Å². The summed E-state index contributed by atoms with van der Waals surface area (Å²) >= 11 is 0. The van der Waals surface area contributed by atoms with E-state index in [4.69, 9.17) is 0 Å². The van der Waals surface area contributed by atoms with Crippen LogP contribution < -0.4 is 5.32 Å². The van der Waals surface area contributed by atoms with Gasteiger partial charge in [0.15, 0.2) is 0 Å². The van der Waals surface area contributed by atoms with Crippen LogP contribution in [0.15, 0.2) is 54.6 Å². The van der Waals surface area contributed by atoms with E-state index in [0.29, 0.717) is 6.42 Å². The van der Waals surface area contributed by atoms with Crippen molar-refractivity contribution < 1.29 is 9.18 Å². The average molecular weight is 271 g/mol. The molecule has 2 nitrogen and oxygen atoms in total. The average Bonchev–Trinajstić information content (AvgIpc) is 2.39. The second kappa shape index (κ2) is 5.87. The lowest BCUT2D eigenvalue weighted by atomic mass is 9.94. The molecule has 104 valence electrons. The maximum atomic E-state index is 12.9. The van der Waals surface area contributed by atoms with Gasteiger partial charge in [-0.1, -0.05) is 42.5 Å². The Hall–Kier alpha value is -2.16. The third-order valence-corrected chi connectivity index (χ3v) is 3.23. The molecule has 0 fully saturated rings. The van der Waals surface area contributed by atoms with Crippen LogP contribution in [-0.2, 0) is 16.8 Å². The van der Waals surface area contributed by atoms with E-state index < -0.39 is 5.54 Å². The zero-order valence-corrected chi connectivity index (χ0v) is 11.7. The molecule has 1 N–H and O–H groups in total. The van der Waals surface area contributed by atoms with E-state index >= 15 is 0 Å². The molecular formula is C17H18FNO. The van der Waals surface area contributed by atoms with Crippen molar-refractivity contribution in [1.82, 2.24) is 5.32 Å². The lowest BCUT2D eigenvalue weighted by Gasteiger charge is -2.27. The minimum absolute atomic E-state index is 0.0504. The molecule has 0 saturated heterocycles. The van der Waals surface area contributed by atoms with Crippen molar-refractivity contribution in [3.05, 3.63) is 71.5 Å². The highest BCUT2D eigenvalue weighted by Crippen LogP contribution is 2.20. The summed E-state index contributed by atoms with van der Waals surface area (Å²) in [6, 6.07) is 15.8. The molecule has 0 unspecified atom stereocenters. The van der Waals surface area contributed by atoms with Crippen LogP contribution in [0.2, 0.25) is 0 Å². The molecule has 1 amide bonds. The summed E-state index contributed by atoms with van der Waals surface area (Å²) in [5.41, 5.74) is 1.32. The number of hydrogen-bond acceptors (Lipinski definition) is 1. The number of benzene rings is 2. The number of carbonyl (C=O) groups is 1. The summed E-state index contributed by atoms with van der Waals surface area (Å²) in [6.45, 7) is 3.81. The van der Waals surface area contributed by atoms with E-state index in [2.05, 4.69) is 5.32 Å². The quantitative estimate of drug-likeness (QED) is 0.907. The smallest absolute Gasteiger partial charge is 0.225 e. The van der Waals surface area contributed by atoms with Gasteiger partial charge in [0.05, 0.1) is 12.0 Å². The highest BCUT2D eigenvalue weighted by Gasteiger charge is 2.22. The van der Waals surface area contributed by atoms with Crippen LogP contribution in [0, 0.1) is 5.82 Å². The van der Waals surface area contributed by atoms with Gasteiger partial charge in [0, 0.05) is 0 Å². The number of hydrogen-bond donors (Lipinski definition) is 1. The molecule has 0 atom stereocenters. The van der Waals surface area contributed by atoms with Gasteiger partial charge in [0.2, 0.25) is 5.91 Å². The molecule has 0 spiro atoms. The zero-order valence-electron chi connectivity index (χ0n) is 11.7. The van der Waals surface area contributed by atoms with Crippen molar-refractivity contribution in [3.63, 3.8) is 0 Å². The molecule has 3 heteroatoms. The van der Waals surface area contributed by atoms with Crippen LogP contribution >= 0.6 is 0 Å². The van der Waals surface area contributed by atoms with E-state index in [1.54, 1.807) is 12.1 Å². The molecule has 0 aliphatic heterocycles. The highest BCUT2D eigenvalue weighted by molar-refractivity contribution is 5.79. The Morgan fingerprint density at radius 1 is 1.05 bits per heavy atom. The Balaban J connectivity index is 2.04. The monoisotopic (exact) mass is 271 g/mol. The maximum absolute atomic E-state index is 12.9. The first-order valence-electron chi connectivity index (χ1n) is 6.58. The van der Waals surface area contributed by atoms with Gasteiger partial charge in [0.1, 0.15) is 5.82 Å². The fraction of sp³-hybridized carbons (Fsp3) is 0.235. The molecule has 0 radical (unpaired) electrons. The van der Waals surface area contributed by atoms with Crippen LogP contribution in [-0.4, -0.2) is 5.91 Å². The fourth-order valence-corrected chi connectivity index (χ4v) is 2.11. The molecule has 0 bridgehead atoms. The van der Waals surface area contributed by atoms with Crippen molar-refractivity contribution in [2.75, 3.05) is 0 Å². The van der Waals surface area contributed by atoms with Crippen molar-refractivity contribution in [2.24, 2.45) is 0 Å². The van der Waals surface area contributed by atoms with Crippen LogP contribution in [0.4, 0.5) is 4.39 Å². The summed E-state index contributed by atoms with van der Waals surface area (Å²) in [4.78, 5) is 12.1. The van der Waals surface area contributed by atoms with Gasteiger partial charge >= 0.3 is 0 Å². The minimum Gasteiger partial charge on any atom is -0.347 e. The van der Waals surface area contributed by atoms with E-state index in [1.807, 2.05) is 44.2 Å². The van der Waals surface area contributed by atoms with E-state index in [9.17, 15) is 9.18 Å². The zero-order chi connectivity index (χ0) is 14.6. The first-order valence-corrected chi connectivity index (χ1v) is 6.58. The molecule has 0 aliphatic rings. The summed E-state index contributed by atoms with van der Waals surface area (Å²) < 4.78 is 12.9. The van der Waals surface area contributed by atoms with Crippen molar-refractivity contribution in [2.45, 2.75) is 25.8 Å². The fourth-order valence-electron chi connectivity index (χ4n) is 2.11. The number of carbonyl (C=O) groups excluding carboxylic acids is 1. The largest absolute Gasteiger partial charge is 0.347 e. The van der Waals surface area contributed by atoms with E-state index in [1.165, 1.54) is 12.1 Å². The molecule has 0 saturated carbocycles. The number of amides is 1. The van der Waals surface area contributed by atoms with Crippen LogP contribution in [0.1, 0.15) is 25.0 Å². The van der Waals surface area contributed by atoms with Gasteiger partial charge < -0.3 is 5.32 Å². The number of rotatable bonds is 4. The molecule has 2 rings (SSSR count). The number of nitrogens with one attached hydrogen (secondary N) is 1. The van der Waals surface area contributed by atoms with Gasteiger partial charge in [-0.2, -0.15) is 0 Å². The van der Waals surface area contributed by atoms with Crippen molar-refractivity contribution in [1.29, 1.82) is 0 Å². The lowest BCUT2D eigenvalue weighted by Crippen LogP contribution is -2.41. The second-order valence-electron chi connectivity index (χ2n) is 5.34. The first-order chi connectivity index (χ1) is 9.47. The topological polar surface area (TPSA) is 29.1 Å². The van der Waals surface area contributed by atoms with Crippen molar-refractivity contribution in [3.8, 4) is 0 Å². The Kier molecular flexibility index (Phi) is 4.18. The van der Waals surface area contributed by atoms with Crippen LogP contribution in [0.3, 0.4) is 0 Å². The van der Waals surface area contributed by atoms with Gasteiger partial charge in [-0.15, -0.1) is 0 Å². The summed E-state index contributed by atoms with van der Waals surface area (Å²) in [6.07, 6.45) is 0.339. The Labute approximate surface area is 118 Å². The second-order valence-corrected chi connectivity index (χ2v) is 5.34. The van der Waals surface area contributed by atoms with E-state index in [-0.39, 0.29) is 11.7 Å². The summed E-state index contributed by atoms with van der Waals surface area (Å²) in [5, 5.41) is 2.98. The molecule has 2 aromatic carbocycles. The predicted octanol–water partition coefficient (Wildman–Crippen LogP) is 3.42. The maximum Gasteiger partial charge on any atom is 0.225 e. The van der Waals surface area contributed by atoms with Gasteiger partial charge in [0.25, 0.3) is 0 Å². The summed E-state index contributed by atoms with van der Waals surface area (Å²) in [7, 11) is 0. The van der Waals surface area contributed by atoms with Crippen LogP contribution in [0.25, 0.3) is 0 Å². The predicted molar refractivity (Wildman–Crippen MR) is 77.7 cm³/mol. The molecule has 2 aromatic rings. The Morgan fingerprint density at radius 2 is 1.65 bits per heavy atom. The van der Waals surface area contributed by atoms with E-state index in [0.717, 1.165) is 11.1 Å². The van der Waals surface area contributed by atoms with Gasteiger partial charge in [-0.05, 0) is 37.1 Å². The standard InChI is InChI=1S/C17H18FNO/c1-17(2,14-8-10-15(18)11-9-14)19-16(20)12-13-6-4-3-5-7-13/h3-11H,12H2,1-2H3,(H,19,20). The SMILES string of the molecule is CC(C)(NC(=O)Cc1ccccc1)c1ccc(F)cc1. The Morgan fingerprint density at radius 3 is 2.25 bits per heavy atom. The molecule has 0 aromatic heterocycles. The molecule has 0 heterocycles. The lowest BCUT2D eigenvalue weighted by molar-refractivity contribution is -0.122. The normalized spacial score (nSPS) is 11.2. The molecule has 20 heavy (non-hydrogen) atoms.